The first-order chi connectivity index (χ1) is 8.69. The van der Waals surface area contributed by atoms with Gasteiger partial charge in [-0.2, -0.15) is 0 Å². The van der Waals surface area contributed by atoms with Crippen LogP contribution in [0, 0.1) is 6.92 Å². The van der Waals surface area contributed by atoms with Crippen molar-refractivity contribution in [2.45, 2.75) is 39.2 Å². The molecule has 0 aliphatic carbocycles. The predicted octanol–water partition coefficient (Wildman–Crippen LogP) is 3.15. The molecular formula is C16H25NO. The topological polar surface area (TPSA) is 32.3 Å². The van der Waals surface area contributed by atoms with Crippen LogP contribution in [0.5, 0.6) is 0 Å². The molecule has 0 radical (unpaired) electrons. The summed E-state index contributed by atoms with van der Waals surface area (Å²) in [6, 6.07) is 6.29. The number of hydrogen-bond acceptors (Lipinski definition) is 2. The van der Waals surface area contributed by atoms with Gasteiger partial charge in [0.05, 0.1) is 6.10 Å². The van der Waals surface area contributed by atoms with E-state index in [0.29, 0.717) is 6.54 Å². The number of nitrogens with one attached hydrogen (secondary N) is 1. The van der Waals surface area contributed by atoms with Crippen molar-refractivity contribution in [2.24, 2.45) is 0 Å². The zero-order valence-corrected chi connectivity index (χ0v) is 11.6. The Labute approximate surface area is 111 Å². The molecule has 0 amide bonds. The minimum atomic E-state index is -0.441. The Morgan fingerprint density at radius 3 is 2.83 bits per heavy atom. The molecule has 0 saturated carbocycles. The minimum Gasteiger partial charge on any atom is -0.387 e. The third kappa shape index (κ3) is 4.63. The van der Waals surface area contributed by atoms with E-state index in [9.17, 15) is 5.11 Å². The van der Waals surface area contributed by atoms with Gasteiger partial charge in [-0.15, -0.1) is 6.58 Å². The summed E-state index contributed by atoms with van der Waals surface area (Å²) in [7, 11) is 0. The van der Waals surface area contributed by atoms with Crippen LogP contribution in [0.1, 0.15) is 42.6 Å². The Balaban J connectivity index is 2.61. The molecule has 2 N–H and O–H groups in total. The van der Waals surface area contributed by atoms with Gasteiger partial charge >= 0.3 is 0 Å². The first kappa shape index (κ1) is 14.9. The lowest BCUT2D eigenvalue weighted by Crippen LogP contribution is -2.21. The Kier molecular flexibility index (Phi) is 6.69. The third-order valence-electron chi connectivity index (χ3n) is 3.18. The first-order valence-electron chi connectivity index (χ1n) is 6.78. The fraction of sp³-hybridized carbons (Fsp3) is 0.500. The molecule has 1 atom stereocenters. The SMILES string of the molecule is C=CCNCC(O)c1ccc(CCCC)c(C)c1. The maximum atomic E-state index is 10.0. The molecule has 2 heteroatoms. The highest BCUT2D eigenvalue weighted by Crippen LogP contribution is 2.18. The monoisotopic (exact) mass is 247 g/mol. The number of rotatable bonds is 8. The summed E-state index contributed by atoms with van der Waals surface area (Å²) >= 11 is 0. The van der Waals surface area contributed by atoms with E-state index in [1.165, 1.54) is 24.0 Å². The van der Waals surface area contributed by atoms with E-state index in [2.05, 4.69) is 37.9 Å². The van der Waals surface area contributed by atoms with Crippen LogP contribution in [-0.2, 0) is 6.42 Å². The molecule has 1 aromatic carbocycles. The van der Waals surface area contributed by atoms with Crippen molar-refractivity contribution in [3.8, 4) is 0 Å². The van der Waals surface area contributed by atoms with Gasteiger partial charge < -0.3 is 10.4 Å². The fourth-order valence-corrected chi connectivity index (χ4v) is 2.01. The summed E-state index contributed by atoms with van der Waals surface area (Å²) in [4.78, 5) is 0. The Morgan fingerprint density at radius 2 is 2.22 bits per heavy atom. The summed E-state index contributed by atoms with van der Waals surface area (Å²) in [5.41, 5.74) is 3.67. The van der Waals surface area contributed by atoms with Gasteiger partial charge in [-0.1, -0.05) is 37.6 Å². The van der Waals surface area contributed by atoms with Crippen molar-refractivity contribution in [2.75, 3.05) is 13.1 Å². The van der Waals surface area contributed by atoms with E-state index < -0.39 is 6.10 Å². The van der Waals surface area contributed by atoms with Crippen molar-refractivity contribution in [3.63, 3.8) is 0 Å². The number of hydrogen-bond donors (Lipinski definition) is 2. The average Bonchev–Trinajstić information content (AvgIpc) is 2.37. The number of aliphatic hydroxyl groups excluding tert-OH is 1. The van der Waals surface area contributed by atoms with Crippen LogP contribution in [0.25, 0.3) is 0 Å². The maximum absolute atomic E-state index is 10.0. The lowest BCUT2D eigenvalue weighted by molar-refractivity contribution is 0.176. The van der Waals surface area contributed by atoms with Gasteiger partial charge in [0, 0.05) is 13.1 Å². The predicted molar refractivity (Wildman–Crippen MR) is 77.8 cm³/mol. The molecular weight excluding hydrogens is 222 g/mol. The van der Waals surface area contributed by atoms with E-state index in [0.717, 1.165) is 18.5 Å². The Morgan fingerprint density at radius 1 is 1.44 bits per heavy atom. The van der Waals surface area contributed by atoms with Crippen molar-refractivity contribution in [1.82, 2.24) is 5.32 Å². The van der Waals surface area contributed by atoms with E-state index in [1.807, 2.05) is 6.07 Å². The second kappa shape index (κ2) is 8.06. The van der Waals surface area contributed by atoms with Gasteiger partial charge in [-0.25, -0.2) is 0 Å². The van der Waals surface area contributed by atoms with Crippen molar-refractivity contribution < 1.29 is 5.11 Å². The molecule has 1 unspecified atom stereocenters. The zero-order chi connectivity index (χ0) is 13.4. The van der Waals surface area contributed by atoms with Gasteiger partial charge in [-0.05, 0) is 36.5 Å². The highest BCUT2D eigenvalue weighted by molar-refractivity contribution is 5.32. The molecule has 0 aliphatic heterocycles. The highest BCUT2D eigenvalue weighted by Gasteiger charge is 2.08. The molecule has 0 spiro atoms. The van der Waals surface area contributed by atoms with Crippen LogP contribution >= 0.6 is 0 Å². The summed E-state index contributed by atoms with van der Waals surface area (Å²) in [5.74, 6) is 0. The Hall–Kier alpha value is -1.12. The van der Waals surface area contributed by atoms with Gasteiger partial charge in [0.1, 0.15) is 0 Å². The molecule has 0 heterocycles. The Bertz CT molecular complexity index is 373. The number of unbranched alkanes of at least 4 members (excludes halogenated alkanes) is 1. The van der Waals surface area contributed by atoms with Crippen LogP contribution in [0.3, 0.4) is 0 Å². The standard InChI is InChI=1S/C16H25NO/c1-4-6-7-14-8-9-15(11-13(14)3)16(18)12-17-10-5-2/h5,8-9,11,16-18H,2,4,6-7,10,12H2,1,3H3. The first-order valence-corrected chi connectivity index (χ1v) is 6.78. The van der Waals surface area contributed by atoms with E-state index in [1.54, 1.807) is 6.08 Å². The molecule has 1 aromatic rings. The molecule has 100 valence electrons. The van der Waals surface area contributed by atoms with Gasteiger partial charge in [0.2, 0.25) is 0 Å². The minimum absolute atomic E-state index is 0.441. The molecule has 0 saturated heterocycles. The molecule has 0 aliphatic rings. The number of aryl methyl sites for hydroxylation is 2. The van der Waals surface area contributed by atoms with E-state index in [-0.39, 0.29) is 0 Å². The largest absolute Gasteiger partial charge is 0.387 e. The molecule has 2 nitrogen and oxygen atoms in total. The number of aliphatic hydroxyl groups is 1. The van der Waals surface area contributed by atoms with Crippen LogP contribution in [0.2, 0.25) is 0 Å². The zero-order valence-electron chi connectivity index (χ0n) is 11.6. The smallest absolute Gasteiger partial charge is 0.0914 e. The second-order valence-corrected chi connectivity index (χ2v) is 4.75. The van der Waals surface area contributed by atoms with Crippen molar-refractivity contribution >= 4 is 0 Å². The summed E-state index contributed by atoms with van der Waals surface area (Å²) in [6.07, 6.45) is 4.93. The summed E-state index contributed by atoms with van der Waals surface area (Å²) in [6.45, 7) is 9.27. The second-order valence-electron chi connectivity index (χ2n) is 4.75. The van der Waals surface area contributed by atoms with Gasteiger partial charge in [0.15, 0.2) is 0 Å². The van der Waals surface area contributed by atoms with Crippen molar-refractivity contribution in [3.05, 3.63) is 47.5 Å². The molecule has 0 aromatic heterocycles. The fourth-order valence-electron chi connectivity index (χ4n) is 2.01. The maximum Gasteiger partial charge on any atom is 0.0914 e. The van der Waals surface area contributed by atoms with Crippen LogP contribution in [-0.4, -0.2) is 18.2 Å². The quantitative estimate of drug-likeness (QED) is 0.546. The molecule has 0 bridgehead atoms. The lowest BCUT2D eigenvalue weighted by Gasteiger charge is -2.14. The third-order valence-corrected chi connectivity index (χ3v) is 3.18. The average molecular weight is 247 g/mol. The molecule has 18 heavy (non-hydrogen) atoms. The van der Waals surface area contributed by atoms with Crippen molar-refractivity contribution in [1.29, 1.82) is 0 Å². The van der Waals surface area contributed by atoms with Crippen LogP contribution in [0.15, 0.2) is 30.9 Å². The summed E-state index contributed by atoms with van der Waals surface area (Å²) < 4.78 is 0. The highest BCUT2D eigenvalue weighted by atomic mass is 16.3. The lowest BCUT2D eigenvalue weighted by atomic mass is 9.98. The normalized spacial score (nSPS) is 12.4. The molecule has 1 rings (SSSR count). The van der Waals surface area contributed by atoms with Crippen LogP contribution < -0.4 is 5.32 Å². The number of benzene rings is 1. The molecule has 0 fully saturated rings. The summed E-state index contributed by atoms with van der Waals surface area (Å²) in [5, 5.41) is 13.2. The van der Waals surface area contributed by atoms with Gasteiger partial charge in [0.25, 0.3) is 0 Å². The van der Waals surface area contributed by atoms with E-state index >= 15 is 0 Å². The van der Waals surface area contributed by atoms with Gasteiger partial charge in [-0.3, -0.25) is 0 Å². The van der Waals surface area contributed by atoms with E-state index in [4.69, 9.17) is 0 Å². The van der Waals surface area contributed by atoms with Crippen LogP contribution in [0.4, 0.5) is 0 Å².